The number of ether oxygens (including phenoxy) is 1. The average Bonchev–Trinajstić information content (AvgIpc) is 2.98. The van der Waals surface area contributed by atoms with Gasteiger partial charge < -0.3 is 4.74 Å². The van der Waals surface area contributed by atoms with E-state index in [0.29, 0.717) is 11.4 Å². The Morgan fingerprint density at radius 3 is 3.05 bits per heavy atom. The Balaban J connectivity index is 2.06. The molecule has 0 aromatic carbocycles. The number of rotatable bonds is 5. The Hall–Kier alpha value is -2.43. The molecule has 0 aliphatic rings. The Morgan fingerprint density at radius 2 is 2.32 bits per heavy atom. The first-order valence-corrected chi connectivity index (χ1v) is 6.07. The molecule has 0 radical (unpaired) electrons. The number of aromatic nitrogens is 3. The molecule has 0 spiro atoms. The molecule has 19 heavy (non-hydrogen) atoms. The molecule has 0 bridgehead atoms. The monoisotopic (exact) mass is 257 g/mol. The van der Waals surface area contributed by atoms with Gasteiger partial charge in [-0.25, -0.2) is 14.8 Å². The summed E-state index contributed by atoms with van der Waals surface area (Å²) in [6.07, 6.45) is 11.3. The number of carbonyl (C=O) groups excluding carboxylic acids is 1. The highest BCUT2D eigenvalue weighted by atomic mass is 16.5. The van der Waals surface area contributed by atoms with Gasteiger partial charge in [-0.1, -0.05) is 19.1 Å². The van der Waals surface area contributed by atoms with E-state index in [1.165, 1.54) is 0 Å². The van der Waals surface area contributed by atoms with Gasteiger partial charge in [0.25, 0.3) is 0 Å². The maximum Gasteiger partial charge on any atom is 0.338 e. The standard InChI is InChI=1S/C14H15N3O2/c1-2-3-4-9-19-14(18)12-5-6-16-13(10-12)17-8-7-15-11-17/h3-8,10-11H,2,9H2,1H3/b4-3+. The molecule has 0 saturated carbocycles. The van der Waals surface area contributed by atoms with Crippen molar-refractivity contribution in [2.24, 2.45) is 0 Å². The van der Waals surface area contributed by atoms with Crippen molar-refractivity contribution < 1.29 is 9.53 Å². The van der Waals surface area contributed by atoms with Crippen molar-refractivity contribution in [3.8, 4) is 5.82 Å². The Kier molecular flexibility index (Phi) is 4.44. The highest BCUT2D eigenvalue weighted by Crippen LogP contribution is 2.08. The Labute approximate surface area is 111 Å². The van der Waals surface area contributed by atoms with E-state index in [1.807, 2.05) is 19.1 Å². The third-order valence-corrected chi connectivity index (χ3v) is 2.46. The first kappa shape index (κ1) is 13.0. The van der Waals surface area contributed by atoms with Crippen molar-refractivity contribution in [1.82, 2.24) is 14.5 Å². The topological polar surface area (TPSA) is 57.0 Å². The zero-order valence-corrected chi connectivity index (χ0v) is 10.7. The minimum Gasteiger partial charge on any atom is -0.458 e. The molecule has 5 heteroatoms. The number of allylic oxidation sites excluding steroid dienone is 1. The summed E-state index contributed by atoms with van der Waals surface area (Å²) in [6.45, 7) is 2.31. The van der Waals surface area contributed by atoms with Gasteiger partial charge in [0.05, 0.1) is 5.56 Å². The summed E-state index contributed by atoms with van der Waals surface area (Å²) in [7, 11) is 0. The summed E-state index contributed by atoms with van der Waals surface area (Å²) < 4.78 is 6.85. The summed E-state index contributed by atoms with van der Waals surface area (Å²) in [6, 6.07) is 3.31. The van der Waals surface area contributed by atoms with Crippen molar-refractivity contribution in [3.63, 3.8) is 0 Å². The van der Waals surface area contributed by atoms with Crippen molar-refractivity contribution in [2.45, 2.75) is 13.3 Å². The number of hydrogen-bond donors (Lipinski definition) is 0. The van der Waals surface area contributed by atoms with Gasteiger partial charge in [0.1, 0.15) is 18.8 Å². The van der Waals surface area contributed by atoms with Crippen LogP contribution in [-0.4, -0.2) is 27.1 Å². The lowest BCUT2D eigenvalue weighted by atomic mass is 10.2. The molecule has 0 saturated heterocycles. The van der Waals surface area contributed by atoms with Gasteiger partial charge in [-0.15, -0.1) is 0 Å². The summed E-state index contributed by atoms with van der Waals surface area (Å²) in [5, 5.41) is 0. The third kappa shape index (κ3) is 3.51. The van der Waals surface area contributed by atoms with E-state index in [0.717, 1.165) is 6.42 Å². The molecule has 2 aromatic heterocycles. The van der Waals surface area contributed by atoms with Crippen LogP contribution in [0.15, 0.2) is 49.2 Å². The molecule has 0 fully saturated rings. The van der Waals surface area contributed by atoms with Gasteiger partial charge in [-0.05, 0) is 18.6 Å². The third-order valence-electron chi connectivity index (χ3n) is 2.46. The summed E-state index contributed by atoms with van der Waals surface area (Å²) >= 11 is 0. The van der Waals surface area contributed by atoms with Crippen LogP contribution in [0.5, 0.6) is 0 Å². The van der Waals surface area contributed by atoms with Gasteiger partial charge in [0.15, 0.2) is 0 Å². The highest BCUT2D eigenvalue weighted by Gasteiger charge is 2.08. The lowest BCUT2D eigenvalue weighted by molar-refractivity contribution is 0.0549. The second kappa shape index (κ2) is 6.49. The van der Waals surface area contributed by atoms with Crippen molar-refractivity contribution in [1.29, 1.82) is 0 Å². The molecule has 0 unspecified atom stereocenters. The second-order valence-corrected chi connectivity index (χ2v) is 3.85. The molecule has 0 atom stereocenters. The van der Waals surface area contributed by atoms with Gasteiger partial charge in [-0.2, -0.15) is 0 Å². The molecule has 2 rings (SSSR count). The Morgan fingerprint density at radius 1 is 1.42 bits per heavy atom. The van der Waals surface area contributed by atoms with Crippen molar-refractivity contribution in [2.75, 3.05) is 6.61 Å². The van der Waals surface area contributed by atoms with E-state index >= 15 is 0 Å². The quantitative estimate of drug-likeness (QED) is 0.609. The minimum atomic E-state index is -0.357. The van der Waals surface area contributed by atoms with E-state index in [2.05, 4.69) is 9.97 Å². The van der Waals surface area contributed by atoms with Crippen LogP contribution in [0, 0.1) is 0 Å². The number of carbonyl (C=O) groups is 1. The van der Waals surface area contributed by atoms with E-state index in [9.17, 15) is 4.79 Å². The minimum absolute atomic E-state index is 0.287. The van der Waals surface area contributed by atoms with Crippen LogP contribution in [-0.2, 0) is 4.74 Å². The van der Waals surface area contributed by atoms with Crippen molar-refractivity contribution >= 4 is 5.97 Å². The fraction of sp³-hybridized carbons (Fsp3) is 0.214. The van der Waals surface area contributed by atoms with E-state index in [-0.39, 0.29) is 12.6 Å². The molecule has 0 aliphatic heterocycles. The largest absolute Gasteiger partial charge is 0.458 e. The molecular weight excluding hydrogens is 242 g/mol. The number of imidazole rings is 1. The molecular formula is C14H15N3O2. The lowest BCUT2D eigenvalue weighted by Gasteiger charge is -2.04. The summed E-state index contributed by atoms with van der Waals surface area (Å²) in [5.74, 6) is 0.278. The van der Waals surface area contributed by atoms with Gasteiger partial charge in [-0.3, -0.25) is 4.57 Å². The fourth-order valence-electron chi connectivity index (χ4n) is 1.52. The van der Waals surface area contributed by atoms with E-state index < -0.39 is 0 Å². The normalized spacial score (nSPS) is 10.8. The number of pyridine rings is 1. The SMILES string of the molecule is CC/C=C/COC(=O)c1ccnc(-n2ccnc2)c1. The molecule has 0 N–H and O–H groups in total. The number of nitrogens with zero attached hydrogens (tertiary/aromatic N) is 3. The first-order chi connectivity index (χ1) is 9.31. The second-order valence-electron chi connectivity index (χ2n) is 3.85. The molecule has 98 valence electrons. The first-order valence-electron chi connectivity index (χ1n) is 6.07. The molecule has 2 heterocycles. The van der Waals surface area contributed by atoms with Crippen LogP contribution in [0.4, 0.5) is 0 Å². The smallest absolute Gasteiger partial charge is 0.338 e. The van der Waals surface area contributed by atoms with Crippen LogP contribution < -0.4 is 0 Å². The Bertz CT molecular complexity index is 562. The van der Waals surface area contributed by atoms with E-state index in [4.69, 9.17) is 4.74 Å². The lowest BCUT2D eigenvalue weighted by Crippen LogP contribution is -2.06. The van der Waals surface area contributed by atoms with Gasteiger partial charge >= 0.3 is 5.97 Å². The zero-order valence-electron chi connectivity index (χ0n) is 10.7. The fourth-order valence-corrected chi connectivity index (χ4v) is 1.52. The number of esters is 1. The van der Waals surface area contributed by atoms with Crippen LogP contribution in [0.25, 0.3) is 5.82 Å². The van der Waals surface area contributed by atoms with Crippen LogP contribution >= 0.6 is 0 Å². The maximum atomic E-state index is 11.8. The highest BCUT2D eigenvalue weighted by molar-refractivity contribution is 5.89. The van der Waals surface area contributed by atoms with E-state index in [1.54, 1.807) is 41.6 Å². The molecule has 0 aliphatic carbocycles. The van der Waals surface area contributed by atoms with Crippen LogP contribution in [0.1, 0.15) is 23.7 Å². The van der Waals surface area contributed by atoms with Gasteiger partial charge in [0.2, 0.25) is 0 Å². The molecule has 5 nitrogen and oxygen atoms in total. The van der Waals surface area contributed by atoms with Crippen molar-refractivity contribution in [3.05, 3.63) is 54.8 Å². The maximum absolute atomic E-state index is 11.8. The number of hydrogen-bond acceptors (Lipinski definition) is 4. The molecule has 0 amide bonds. The van der Waals surface area contributed by atoms with Crippen LogP contribution in [0.2, 0.25) is 0 Å². The summed E-state index contributed by atoms with van der Waals surface area (Å²) in [5.41, 5.74) is 0.476. The zero-order chi connectivity index (χ0) is 13.5. The van der Waals surface area contributed by atoms with Gasteiger partial charge in [0, 0.05) is 18.6 Å². The summed E-state index contributed by atoms with van der Waals surface area (Å²) in [4.78, 5) is 19.9. The predicted octanol–water partition coefficient (Wildman–Crippen LogP) is 2.39. The predicted molar refractivity (Wildman–Crippen MR) is 71.1 cm³/mol. The van der Waals surface area contributed by atoms with Crippen LogP contribution in [0.3, 0.4) is 0 Å². The molecule has 2 aromatic rings. The average molecular weight is 257 g/mol.